The maximum absolute atomic E-state index is 5.76. The topological polar surface area (TPSA) is 39.7 Å². The summed E-state index contributed by atoms with van der Waals surface area (Å²) in [5, 5.41) is 2.30. The molecule has 0 fully saturated rings. The van der Waals surface area contributed by atoms with Gasteiger partial charge in [0, 0.05) is 11.8 Å². The molecule has 4 heteroatoms. The summed E-state index contributed by atoms with van der Waals surface area (Å²) < 4.78 is 10.9. The maximum atomic E-state index is 5.76. The predicted octanol–water partition coefficient (Wildman–Crippen LogP) is 4.34. The SMILES string of the molecule is COc1ccc(C2=CC(Cc3ccc4ccccc4c3OC)ON2)cc1. The smallest absolute Gasteiger partial charge is 0.129 e. The van der Waals surface area contributed by atoms with E-state index in [9.17, 15) is 0 Å². The second-order valence-corrected chi connectivity index (χ2v) is 6.25. The summed E-state index contributed by atoms with van der Waals surface area (Å²) in [4.78, 5) is 5.76. The monoisotopic (exact) mass is 347 g/mol. The molecule has 0 aliphatic carbocycles. The first-order valence-electron chi connectivity index (χ1n) is 8.61. The number of hydrogen-bond acceptors (Lipinski definition) is 4. The van der Waals surface area contributed by atoms with Gasteiger partial charge in [0.2, 0.25) is 0 Å². The van der Waals surface area contributed by atoms with Crippen molar-refractivity contribution in [2.24, 2.45) is 0 Å². The highest BCUT2D eigenvalue weighted by atomic mass is 16.7. The Kier molecular flexibility index (Phi) is 4.50. The normalized spacial score (nSPS) is 16.2. The van der Waals surface area contributed by atoms with Crippen molar-refractivity contribution in [3.63, 3.8) is 0 Å². The first-order chi connectivity index (χ1) is 12.8. The van der Waals surface area contributed by atoms with Gasteiger partial charge in [-0.1, -0.05) is 36.4 Å². The Morgan fingerprint density at radius 3 is 2.50 bits per heavy atom. The molecule has 1 heterocycles. The van der Waals surface area contributed by atoms with E-state index in [2.05, 4.69) is 35.8 Å². The van der Waals surface area contributed by atoms with Crippen molar-refractivity contribution >= 4 is 16.5 Å². The molecule has 0 spiro atoms. The van der Waals surface area contributed by atoms with Crippen LogP contribution in [0.5, 0.6) is 11.5 Å². The minimum atomic E-state index is -0.0536. The number of nitrogens with one attached hydrogen (secondary N) is 1. The number of hydroxylamine groups is 1. The molecule has 0 saturated carbocycles. The fraction of sp³-hybridized carbons (Fsp3) is 0.182. The summed E-state index contributed by atoms with van der Waals surface area (Å²) in [5.74, 6) is 1.75. The Balaban J connectivity index is 1.58. The van der Waals surface area contributed by atoms with Crippen molar-refractivity contribution in [1.29, 1.82) is 0 Å². The van der Waals surface area contributed by atoms with E-state index < -0.39 is 0 Å². The molecular formula is C22H21NO3. The van der Waals surface area contributed by atoms with E-state index in [0.717, 1.165) is 40.1 Å². The maximum Gasteiger partial charge on any atom is 0.129 e. The molecule has 26 heavy (non-hydrogen) atoms. The van der Waals surface area contributed by atoms with Crippen LogP contribution in [-0.4, -0.2) is 20.3 Å². The lowest BCUT2D eigenvalue weighted by Crippen LogP contribution is -2.15. The van der Waals surface area contributed by atoms with Crippen LogP contribution in [0.2, 0.25) is 0 Å². The van der Waals surface area contributed by atoms with E-state index >= 15 is 0 Å². The quantitative estimate of drug-likeness (QED) is 0.745. The van der Waals surface area contributed by atoms with Crippen LogP contribution in [-0.2, 0) is 11.3 Å². The molecule has 0 bridgehead atoms. The van der Waals surface area contributed by atoms with Gasteiger partial charge in [0.05, 0.1) is 19.9 Å². The molecule has 4 rings (SSSR count). The van der Waals surface area contributed by atoms with Crippen LogP contribution >= 0.6 is 0 Å². The summed E-state index contributed by atoms with van der Waals surface area (Å²) in [6.07, 6.45) is 2.79. The van der Waals surface area contributed by atoms with Gasteiger partial charge in [0.1, 0.15) is 17.6 Å². The zero-order chi connectivity index (χ0) is 17.9. The summed E-state index contributed by atoms with van der Waals surface area (Å²) in [6.45, 7) is 0. The first-order valence-corrected chi connectivity index (χ1v) is 8.61. The Morgan fingerprint density at radius 2 is 1.73 bits per heavy atom. The number of benzene rings is 3. The van der Waals surface area contributed by atoms with Crippen LogP contribution in [0, 0.1) is 0 Å². The Morgan fingerprint density at radius 1 is 0.923 bits per heavy atom. The van der Waals surface area contributed by atoms with E-state index in [-0.39, 0.29) is 6.10 Å². The van der Waals surface area contributed by atoms with Crippen molar-refractivity contribution in [2.45, 2.75) is 12.5 Å². The molecule has 0 radical (unpaired) electrons. The van der Waals surface area contributed by atoms with E-state index in [4.69, 9.17) is 14.3 Å². The summed E-state index contributed by atoms with van der Waals surface area (Å²) in [5.41, 5.74) is 6.20. The van der Waals surface area contributed by atoms with Crippen LogP contribution in [0.1, 0.15) is 11.1 Å². The second kappa shape index (κ2) is 7.10. The fourth-order valence-electron chi connectivity index (χ4n) is 3.33. The third-order valence-electron chi connectivity index (χ3n) is 4.66. The van der Waals surface area contributed by atoms with Gasteiger partial charge in [-0.25, -0.2) is 0 Å². The molecule has 0 aromatic heterocycles. The van der Waals surface area contributed by atoms with E-state index in [0.29, 0.717) is 0 Å². The van der Waals surface area contributed by atoms with Crippen LogP contribution in [0.25, 0.3) is 16.5 Å². The zero-order valence-electron chi connectivity index (χ0n) is 14.9. The predicted molar refractivity (Wildman–Crippen MR) is 103 cm³/mol. The first kappa shape index (κ1) is 16.5. The number of ether oxygens (including phenoxy) is 2. The van der Waals surface area contributed by atoms with Crippen molar-refractivity contribution in [3.8, 4) is 11.5 Å². The van der Waals surface area contributed by atoms with Crippen molar-refractivity contribution < 1.29 is 14.3 Å². The van der Waals surface area contributed by atoms with Gasteiger partial charge in [-0.2, -0.15) is 0 Å². The van der Waals surface area contributed by atoms with Gasteiger partial charge in [-0.15, -0.1) is 0 Å². The molecule has 132 valence electrons. The molecule has 1 aliphatic heterocycles. The van der Waals surface area contributed by atoms with Crippen LogP contribution < -0.4 is 15.0 Å². The average Bonchev–Trinajstić information content (AvgIpc) is 3.16. The fourth-order valence-corrected chi connectivity index (χ4v) is 3.33. The third kappa shape index (κ3) is 3.11. The van der Waals surface area contributed by atoms with Crippen LogP contribution in [0.3, 0.4) is 0 Å². The molecule has 0 amide bonds. The molecular weight excluding hydrogens is 326 g/mol. The zero-order valence-corrected chi connectivity index (χ0v) is 14.9. The molecule has 1 unspecified atom stereocenters. The van der Waals surface area contributed by atoms with Crippen molar-refractivity contribution in [2.75, 3.05) is 14.2 Å². The van der Waals surface area contributed by atoms with Crippen molar-refractivity contribution in [3.05, 3.63) is 77.9 Å². The van der Waals surface area contributed by atoms with Gasteiger partial charge in [-0.3, -0.25) is 10.3 Å². The van der Waals surface area contributed by atoms with Gasteiger partial charge in [-0.05, 0) is 46.9 Å². The Bertz CT molecular complexity index is 947. The summed E-state index contributed by atoms with van der Waals surface area (Å²) >= 11 is 0. The largest absolute Gasteiger partial charge is 0.497 e. The van der Waals surface area contributed by atoms with Crippen molar-refractivity contribution in [1.82, 2.24) is 5.48 Å². The lowest BCUT2D eigenvalue weighted by Gasteiger charge is -2.14. The highest BCUT2D eigenvalue weighted by Gasteiger charge is 2.20. The molecule has 3 aromatic rings. The summed E-state index contributed by atoms with van der Waals surface area (Å²) in [7, 11) is 3.38. The molecule has 1 aliphatic rings. The van der Waals surface area contributed by atoms with Gasteiger partial charge in [0.25, 0.3) is 0 Å². The van der Waals surface area contributed by atoms with E-state index in [1.165, 1.54) is 5.39 Å². The number of hydrogen-bond donors (Lipinski definition) is 1. The highest BCUT2D eigenvalue weighted by molar-refractivity contribution is 5.89. The van der Waals surface area contributed by atoms with Crippen LogP contribution in [0.15, 0.2) is 66.7 Å². The highest BCUT2D eigenvalue weighted by Crippen LogP contribution is 2.32. The standard InChI is InChI=1S/C22H21NO3/c1-24-18-11-9-16(10-12-18)21-14-19(26-23-21)13-17-8-7-15-5-3-4-6-20(15)22(17)25-2/h3-12,14,19,23H,13H2,1-2H3. The number of rotatable bonds is 5. The second-order valence-electron chi connectivity index (χ2n) is 6.25. The molecule has 3 aromatic carbocycles. The minimum Gasteiger partial charge on any atom is -0.497 e. The van der Waals surface area contributed by atoms with Gasteiger partial charge in [0.15, 0.2) is 0 Å². The lowest BCUT2D eigenvalue weighted by molar-refractivity contribution is 0.0517. The number of methoxy groups -OCH3 is 2. The molecule has 0 saturated heterocycles. The Hall–Kier alpha value is -2.98. The average molecular weight is 347 g/mol. The lowest BCUT2D eigenvalue weighted by atomic mass is 10.0. The van der Waals surface area contributed by atoms with Gasteiger partial charge < -0.3 is 9.47 Å². The number of fused-ring (bicyclic) bond motifs is 1. The van der Waals surface area contributed by atoms with Gasteiger partial charge >= 0.3 is 0 Å². The molecule has 1 atom stereocenters. The minimum absolute atomic E-state index is 0.0536. The Labute approximate surface area is 153 Å². The molecule has 4 nitrogen and oxygen atoms in total. The van der Waals surface area contributed by atoms with Crippen LogP contribution in [0.4, 0.5) is 0 Å². The van der Waals surface area contributed by atoms with E-state index in [1.54, 1.807) is 14.2 Å². The summed E-state index contributed by atoms with van der Waals surface area (Å²) in [6, 6.07) is 20.4. The third-order valence-corrected chi connectivity index (χ3v) is 4.66. The van der Waals surface area contributed by atoms with E-state index in [1.807, 2.05) is 36.4 Å². The molecule has 1 N–H and O–H groups in total.